The van der Waals surface area contributed by atoms with Crippen molar-refractivity contribution in [1.29, 1.82) is 0 Å². The molecule has 0 fully saturated rings. The van der Waals surface area contributed by atoms with Gasteiger partial charge in [0, 0.05) is 44.6 Å². The highest BCUT2D eigenvalue weighted by Gasteiger charge is 2.13. The first-order valence-corrected chi connectivity index (χ1v) is 7.46. The average molecular weight is 286 g/mol. The first kappa shape index (κ1) is 15.4. The number of methoxy groups -OCH3 is 1. The second-order valence-electron chi connectivity index (χ2n) is 4.32. The molecule has 0 saturated carbocycles. The molecule has 1 unspecified atom stereocenters. The molecule has 0 bridgehead atoms. The van der Waals surface area contributed by atoms with Crippen LogP contribution in [0.1, 0.15) is 18.2 Å². The van der Waals surface area contributed by atoms with Crippen molar-refractivity contribution in [3.63, 3.8) is 0 Å². The molecule has 0 amide bonds. The van der Waals surface area contributed by atoms with Crippen LogP contribution < -0.4 is 5.32 Å². The monoisotopic (exact) mass is 286 g/mol. The molecule has 1 aromatic heterocycles. The summed E-state index contributed by atoms with van der Waals surface area (Å²) in [4.78, 5) is 3.53. The van der Waals surface area contributed by atoms with Crippen molar-refractivity contribution in [2.45, 2.75) is 25.8 Å². The number of thiocarbonyl (C=S) groups is 1. The molecule has 0 spiro atoms. The summed E-state index contributed by atoms with van der Waals surface area (Å²) in [7, 11) is 3.76. The maximum Gasteiger partial charge on any atom is 0.168 e. The van der Waals surface area contributed by atoms with Gasteiger partial charge in [-0.3, -0.25) is 0 Å². The van der Waals surface area contributed by atoms with E-state index >= 15 is 0 Å². The zero-order valence-electron chi connectivity index (χ0n) is 11.3. The highest BCUT2D eigenvalue weighted by molar-refractivity contribution is 7.80. The first-order chi connectivity index (χ1) is 8.65. The normalized spacial score (nSPS) is 12.2. The van der Waals surface area contributed by atoms with E-state index in [9.17, 15) is 0 Å². The number of nitrogens with zero attached hydrogens (tertiary/aromatic N) is 1. The predicted octanol–water partition coefficient (Wildman–Crippen LogP) is 2.52. The molecule has 1 heterocycles. The number of rotatable bonds is 7. The van der Waals surface area contributed by atoms with E-state index in [1.807, 2.05) is 7.05 Å². The zero-order valence-corrected chi connectivity index (χ0v) is 12.9. The Labute approximate surface area is 119 Å². The van der Waals surface area contributed by atoms with Gasteiger partial charge in [0.25, 0.3) is 0 Å². The van der Waals surface area contributed by atoms with Gasteiger partial charge in [0.2, 0.25) is 0 Å². The molecule has 3 nitrogen and oxygen atoms in total. The lowest BCUT2D eigenvalue weighted by molar-refractivity contribution is 0.195. The van der Waals surface area contributed by atoms with Crippen LogP contribution in [0, 0.1) is 0 Å². The van der Waals surface area contributed by atoms with Gasteiger partial charge in [0.05, 0.1) is 0 Å². The minimum absolute atomic E-state index is 0.408. The van der Waals surface area contributed by atoms with Crippen LogP contribution in [0.25, 0.3) is 0 Å². The van der Waals surface area contributed by atoms with Crippen LogP contribution >= 0.6 is 23.6 Å². The van der Waals surface area contributed by atoms with E-state index in [2.05, 4.69) is 34.7 Å². The largest absolute Gasteiger partial charge is 0.385 e. The number of nitrogens with one attached hydrogen (secondary N) is 1. The molecule has 0 aliphatic heterocycles. The predicted molar refractivity (Wildman–Crippen MR) is 82.3 cm³/mol. The van der Waals surface area contributed by atoms with E-state index < -0.39 is 0 Å². The Morgan fingerprint density at radius 3 is 3.00 bits per heavy atom. The van der Waals surface area contributed by atoms with Gasteiger partial charge >= 0.3 is 0 Å². The average Bonchev–Trinajstić information content (AvgIpc) is 2.86. The van der Waals surface area contributed by atoms with E-state index in [1.54, 1.807) is 18.4 Å². The molecule has 102 valence electrons. The van der Waals surface area contributed by atoms with Crippen LogP contribution in [0.4, 0.5) is 0 Å². The van der Waals surface area contributed by atoms with Crippen LogP contribution in [0.3, 0.4) is 0 Å². The van der Waals surface area contributed by atoms with Crippen molar-refractivity contribution in [2.24, 2.45) is 0 Å². The van der Waals surface area contributed by atoms with E-state index in [0.717, 1.165) is 31.1 Å². The highest BCUT2D eigenvalue weighted by atomic mass is 32.1. The summed E-state index contributed by atoms with van der Waals surface area (Å²) >= 11 is 7.17. The molecular weight excluding hydrogens is 264 g/mol. The minimum Gasteiger partial charge on any atom is -0.385 e. The van der Waals surface area contributed by atoms with Crippen molar-refractivity contribution < 1.29 is 4.74 Å². The summed E-state index contributed by atoms with van der Waals surface area (Å²) in [5, 5.41) is 6.19. The summed E-state index contributed by atoms with van der Waals surface area (Å²) in [5.41, 5.74) is 0. The lowest BCUT2D eigenvalue weighted by atomic mass is 10.2. The number of ether oxygens (including phenoxy) is 1. The van der Waals surface area contributed by atoms with Gasteiger partial charge in [-0.25, -0.2) is 0 Å². The molecule has 18 heavy (non-hydrogen) atoms. The molecule has 1 rings (SSSR count). The Hall–Kier alpha value is -0.650. The van der Waals surface area contributed by atoms with E-state index in [-0.39, 0.29) is 0 Å². The fourth-order valence-corrected chi connectivity index (χ4v) is 2.70. The maximum absolute atomic E-state index is 5.38. The van der Waals surface area contributed by atoms with Crippen LogP contribution in [0.5, 0.6) is 0 Å². The summed E-state index contributed by atoms with van der Waals surface area (Å²) < 4.78 is 5.01. The van der Waals surface area contributed by atoms with E-state index in [4.69, 9.17) is 17.0 Å². The number of thiophene rings is 1. The van der Waals surface area contributed by atoms with Crippen LogP contribution in [-0.2, 0) is 11.2 Å². The molecule has 0 radical (unpaired) electrons. The molecular formula is C13H22N2OS2. The zero-order chi connectivity index (χ0) is 13.4. The van der Waals surface area contributed by atoms with Crippen molar-refractivity contribution in [2.75, 3.05) is 27.3 Å². The number of hydrogen-bond donors (Lipinski definition) is 1. The fourth-order valence-electron chi connectivity index (χ4n) is 1.59. The second kappa shape index (κ2) is 8.45. The Morgan fingerprint density at radius 1 is 1.61 bits per heavy atom. The lowest BCUT2D eigenvalue weighted by Gasteiger charge is -2.27. The maximum atomic E-state index is 5.38. The molecule has 1 atom stereocenters. The van der Waals surface area contributed by atoms with Crippen molar-refractivity contribution in [3.8, 4) is 0 Å². The Morgan fingerprint density at radius 2 is 2.39 bits per heavy atom. The Bertz CT molecular complexity index is 341. The van der Waals surface area contributed by atoms with Crippen LogP contribution in [-0.4, -0.2) is 43.4 Å². The molecule has 1 N–H and O–H groups in total. The third-order valence-corrected chi connectivity index (χ3v) is 4.19. The van der Waals surface area contributed by atoms with Gasteiger partial charge in [-0.05, 0) is 37.0 Å². The van der Waals surface area contributed by atoms with Crippen molar-refractivity contribution in [1.82, 2.24) is 10.2 Å². The molecule has 1 aromatic rings. The SMILES string of the molecule is COCCCNC(=S)N(C)C(C)Cc1cccs1. The van der Waals surface area contributed by atoms with Gasteiger partial charge in [-0.2, -0.15) is 0 Å². The summed E-state index contributed by atoms with van der Waals surface area (Å²) in [5.74, 6) is 0. The quantitative estimate of drug-likeness (QED) is 0.615. The van der Waals surface area contributed by atoms with Gasteiger partial charge in [0.1, 0.15) is 0 Å². The standard InChI is InChI=1S/C13H22N2OS2/c1-11(10-12-6-4-9-18-12)15(2)13(17)14-7-5-8-16-3/h4,6,9,11H,5,7-8,10H2,1-3H3,(H,14,17). The second-order valence-corrected chi connectivity index (χ2v) is 5.74. The van der Waals surface area contributed by atoms with Crippen molar-refractivity contribution >= 4 is 28.7 Å². The number of likely N-dealkylation sites (N-methyl/N-ethyl adjacent to an activating group) is 1. The summed E-state index contributed by atoms with van der Waals surface area (Å²) in [6, 6.07) is 4.67. The van der Waals surface area contributed by atoms with E-state index in [0.29, 0.717) is 6.04 Å². The smallest absolute Gasteiger partial charge is 0.168 e. The van der Waals surface area contributed by atoms with E-state index in [1.165, 1.54) is 4.88 Å². The van der Waals surface area contributed by atoms with Crippen LogP contribution in [0.2, 0.25) is 0 Å². The first-order valence-electron chi connectivity index (χ1n) is 6.17. The molecule has 0 saturated heterocycles. The molecule has 0 aromatic carbocycles. The summed E-state index contributed by atoms with van der Waals surface area (Å²) in [6.45, 7) is 3.83. The topological polar surface area (TPSA) is 24.5 Å². The highest BCUT2D eigenvalue weighted by Crippen LogP contribution is 2.13. The minimum atomic E-state index is 0.408. The Balaban J connectivity index is 2.29. The molecule has 5 heteroatoms. The van der Waals surface area contributed by atoms with Gasteiger partial charge in [0.15, 0.2) is 5.11 Å². The summed E-state index contributed by atoms with van der Waals surface area (Å²) in [6.07, 6.45) is 2.01. The van der Waals surface area contributed by atoms with Gasteiger partial charge in [-0.15, -0.1) is 11.3 Å². The lowest BCUT2D eigenvalue weighted by Crippen LogP contribution is -2.43. The van der Waals surface area contributed by atoms with Gasteiger partial charge < -0.3 is 15.0 Å². The molecule has 0 aliphatic carbocycles. The Kier molecular flexibility index (Phi) is 7.23. The van der Waals surface area contributed by atoms with Crippen molar-refractivity contribution in [3.05, 3.63) is 22.4 Å². The number of hydrogen-bond acceptors (Lipinski definition) is 3. The third kappa shape index (κ3) is 5.33. The van der Waals surface area contributed by atoms with Crippen LogP contribution in [0.15, 0.2) is 17.5 Å². The molecule has 0 aliphatic rings. The third-order valence-electron chi connectivity index (χ3n) is 2.86. The van der Waals surface area contributed by atoms with Gasteiger partial charge in [-0.1, -0.05) is 6.07 Å². The fraction of sp³-hybridized carbons (Fsp3) is 0.615.